The Morgan fingerprint density at radius 1 is 1.18 bits per heavy atom. The highest BCUT2D eigenvalue weighted by Crippen LogP contribution is 2.24. The average molecular weight is 248 g/mol. The zero-order valence-corrected chi connectivity index (χ0v) is 10.4. The third-order valence-electron chi connectivity index (χ3n) is 2.62. The summed E-state index contributed by atoms with van der Waals surface area (Å²) < 4.78 is 5.67. The molecular formula is C14H14ClNO. The Balaban J connectivity index is 2.08. The summed E-state index contributed by atoms with van der Waals surface area (Å²) >= 11 is 5.84. The van der Waals surface area contributed by atoms with Crippen molar-refractivity contribution in [2.24, 2.45) is 0 Å². The molecular weight excluding hydrogens is 234 g/mol. The first-order valence-corrected chi connectivity index (χ1v) is 5.77. The molecule has 0 bridgehead atoms. The highest BCUT2D eigenvalue weighted by atomic mass is 35.5. The van der Waals surface area contributed by atoms with Crippen LogP contribution in [0.25, 0.3) is 0 Å². The molecule has 0 radical (unpaired) electrons. The molecule has 0 fully saturated rings. The maximum atomic E-state index is 5.84. The van der Waals surface area contributed by atoms with Crippen molar-refractivity contribution in [2.75, 3.05) is 5.73 Å². The van der Waals surface area contributed by atoms with Crippen LogP contribution in [0.1, 0.15) is 11.1 Å². The van der Waals surface area contributed by atoms with Crippen LogP contribution < -0.4 is 10.5 Å². The van der Waals surface area contributed by atoms with Gasteiger partial charge in [-0.25, -0.2) is 0 Å². The molecule has 0 amide bonds. The Hall–Kier alpha value is -1.67. The lowest BCUT2D eigenvalue weighted by atomic mass is 10.1. The minimum atomic E-state index is 0.535. The molecule has 2 aromatic rings. The van der Waals surface area contributed by atoms with Crippen LogP contribution in [0.15, 0.2) is 42.5 Å². The van der Waals surface area contributed by atoms with E-state index in [1.807, 2.05) is 18.2 Å². The zero-order valence-electron chi connectivity index (χ0n) is 9.61. The van der Waals surface area contributed by atoms with E-state index < -0.39 is 0 Å². The molecule has 2 rings (SSSR count). The summed E-state index contributed by atoms with van der Waals surface area (Å²) in [4.78, 5) is 0. The second kappa shape index (κ2) is 5.11. The summed E-state index contributed by atoms with van der Waals surface area (Å²) in [7, 11) is 0. The topological polar surface area (TPSA) is 35.2 Å². The van der Waals surface area contributed by atoms with Crippen LogP contribution in [-0.4, -0.2) is 0 Å². The minimum Gasteiger partial charge on any atom is -0.489 e. The van der Waals surface area contributed by atoms with E-state index in [0.29, 0.717) is 17.3 Å². The van der Waals surface area contributed by atoms with Crippen molar-refractivity contribution < 1.29 is 4.74 Å². The van der Waals surface area contributed by atoms with Gasteiger partial charge in [0, 0.05) is 6.07 Å². The van der Waals surface area contributed by atoms with Gasteiger partial charge in [-0.05, 0) is 30.2 Å². The first kappa shape index (κ1) is 11.8. The Morgan fingerprint density at radius 2 is 1.94 bits per heavy atom. The number of anilines is 1. The van der Waals surface area contributed by atoms with E-state index in [9.17, 15) is 0 Å². The quantitative estimate of drug-likeness (QED) is 0.837. The molecule has 0 unspecified atom stereocenters. The first-order chi connectivity index (χ1) is 8.16. The number of halogens is 1. The van der Waals surface area contributed by atoms with Gasteiger partial charge in [0.25, 0.3) is 0 Å². The second-order valence-corrected chi connectivity index (χ2v) is 4.31. The van der Waals surface area contributed by atoms with E-state index in [1.54, 1.807) is 12.1 Å². The van der Waals surface area contributed by atoms with Crippen LogP contribution in [0.2, 0.25) is 5.02 Å². The van der Waals surface area contributed by atoms with Crippen molar-refractivity contribution in [1.29, 1.82) is 0 Å². The fourth-order valence-electron chi connectivity index (χ4n) is 1.54. The molecule has 0 aromatic heterocycles. The lowest BCUT2D eigenvalue weighted by Crippen LogP contribution is -1.98. The van der Waals surface area contributed by atoms with Crippen LogP contribution in [0.4, 0.5) is 5.69 Å². The van der Waals surface area contributed by atoms with Gasteiger partial charge in [-0.15, -0.1) is 0 Å². The summed E-state index contributed by atoms with van der Waals surface area (Å²) in [6.07, 6.45) is 0. The monoisotopic (exact) mass is 247 g/mol. The summed E-state index contributed by atoms with van der Waals surface area (Å²) in [5.41, 5.74) is 8.63. The Labute approximate surface area is 106 Å². The van der Waals surface area contributed by atoms with Crippen LogP contribution in [0.3, 0.4) is 0 Å². The van der Waals surface area contributed by atoms with Gasteiger partial charge < -0.3 is 10.5 Å². The lowest BCUT2D eigenvalue weighted by molar-refractivity contribution is 0.305. The first-order valence-electron chi connectivity index (χ1n) is 5.39. The second-order valence-electron chi connectivity index (χ2n) is 3.90. The number of nitrogen functional groups attached to an aromatic ring is 1. The van der Waals surface area contributed by atoms with E-state index in [-0.39, 0.29) is 0 Å². The van der Waals surface area contributed by atoms with Crippen molar-refractivity contribution in [3.8, 4) is 5.75 Å². The van der Waals surface area contributed by atoms with Gasteiger partial charge in [0.05, 0.1) is 10.7 Å². The van der Waals surface area contributed by atoms with Gasteiger partial charge in [0.15, 0.2) is 0 Å². The molecule has 2 aromatic carbocycles. The highest BCUT2D eigenvalue weighted by Gasteiger charge is 2.01. The predicted molar refractivity (Wildman–Crippen MR) is 71.4 cm³/mol. The van der Waals surface area contributed by atoms with Gasteiger partial charge in [0.1, 0.15) is 12.4 Å². The van der Waals surface area contributed by atoms with E-state index >= 15 is 0 Å². The van der Waals surface area contributed by atoms with Gasteiger partial charge >= 0.3 is 0 Å². The summed E-state index contributed by atoms with van der Waals surface area (Å²) in [6.45, 7) is 2.60. The van der Waals surface area contributed by atoms with E-state index in [4.69, 9.17) is 22.1 Å². The molecule has 88 valence electrons. The smallest absolute Gasteiger partial charge is 0.121 e. The van der Waals surface area contributed by atoms with Crippen molar-refractivity contribution in [3.05, 3.63) is 58.6 Å². The standard InChI is InChI=1S/C14H14ClNO/c1-10-4-2-3-5-11(10)9-17-12-6-7-13(15)14(16)8-12/h2-8H,9,16H2,1H3. The third kappa shape index (κ3) is 2.92. The van der Waals surface area contributed by atoms with Crippen LogP contribution in [0, 0.1) is 6.92 Å². The molecule has 0 aliphatic rings. The molecule has 0 atom stereocenters. The molecule has 0 aliphatic heterocycles. The van der Waals surface area contributed by atoms with Crippen molar-refractivity contribution in [2.45, 2.75) is 13.5 Å². The van der Waals surface area contributed by atoms with Crippen LogP contribution >= 0.6 is 11.6 Å². The van der Waals surface area contributed by atoms with Gasteiger partial charge in [-0.2, -0.15) is 0 Å². The lowest BCUT2D eigenvalue weighted by Gasteiger charge is -2.09. The molecule has 3 heteroatoms. The molecule has 0 saturated carbocycles. The summed E-state index contributed by atoms with van der Waals surface area (Å²) in [6, 6.07) is 13.4. The van der Waals surface area contributed by atoms with Gasteiger partial charge in [-0.1, -0.05) is 35.9 Å². The maximum Gasteiger partial charge on any atom is 0.121 e. The fraction of sp³-hybridized carbons (Fsp3) is 0.143. The van der Waals surface area contributed by atoms with Crippen molar-refractivity contribution >= 4 is 17.3 Å². The zero-order chi connectivity index (χ0) is 12.3. The fourth-order valence-corrected chi connectivity index (χ4v) is 1.66. The van der Waals surface area contributed by atoms with Crippen molar-refractivity contribution in [3.63, 3.8) is 0 Å². The number of hydrogen-bond donors (Lipinski definition) is 1. The number of hydrogen-bond acceptors (Lipinski definition) is 2. The predicted octanol–water partition coefficient (Wildman–Crippen LogP) is 3.81. The van der Waals surface area contributed by atoms with Crippen LogP contribution in [-0.2, 0) is 6.61 Å². The molecule has 0 spiro atoms. The summed E-state index contributed by atoms with van der Waals surface area (Å²) in [5, 5.41) is 0.549. The SMILES string of the molecule is Cc1ccccc1COc1ccc(Cl)c(N)c1. The van der Waals surface area contributed by atoms with Gasteiger partial charge in [-0.3, -0.25) is 0 Å². The van der Waals surface area contributed by atoms with Crippen LogP contribution in [0.5, 0.6) is 5.75 Å². The molecule has 0 saturated heterocycles. The molecule has 0 aliphatic carbocycles. The van der Waals surface area contributed by atoms with E-state index in [2.05, 4.69) is 19.1 Å². The average Bonchev–Trinajstić information content (AvgIpc) is 2.32. The number of benzene rings is 2. The largest absolute Gasteiger partial charge is 0.489 e. The Kier molecular flexibility index (Phi) is 3.55. The Morgan fingerprint density at radius 3 is 2.65 bits per heavy atom. The molecule has 17 heavy (non-hydrogen) atoms. The normalized spacial score (nSPS) is 10.2. The van der Waals surface area contributed by atoms with E-state index in [1.165, 1.54) is 11.1 Å². The number of nitrogens with two attached hydrogens (primary N) is 1. The highest BCUT2D eigenvalue weighted by molar-refractivity contribution is 6.33. The minimum absolute atomic E-state index is 0.535. The molecule has 2 N–H and O–H groups in total. The number of ether oxygens (including phenoxy) is 1. The third-order valence-corrected chi connectivity index (χ3v) is 2.97. The molecule has 2 nitrogen and oxygen atoms in total. The van der Waals surface area contributed by atoms with Gasteiger partial charge in [0.2, 0.25) is 0 Å². The Bertz CT molecular complexity index is 525. The number of aryl methyl sites for hydroxylation is 1. The van der Waals surface area contributed by atoms with E-state index in [0.717, 1.165) is 5.75 Å². The maximum absolute atomic E-state index is 5.84. The summed E-state index contributed by atoms with van der Waals surface area (Å²) in [5.74, 6) is 0.732. The molecule has 0 heterocycles. The van der Waals surface area contributed by atoms with Crippen molar-refractivity contribution in [1.82, 2.24) is 0 Å². The number of rotatable bonds is 3.